The highest BCUT2D eigenvalue weighted by Gasteiger charge is 2.08. The van der Waals surface area contributed by atoms with Crippen LogP contribution in [0.4, 0.5) is 5.95 Å². The van der Waals surface area contributed by atoms with Gasteiger partial charge in [-0.2, -0.15) is 0 Å². The minimum Gasteiger partial charge on any atom is -0.354 e. The zero-order valence-corrected chi connectivity index (χ0v) is 10.8. The van der Waals surface area contributed by atoms with E-state index >= 15 is 0 Å². The van der Waals surface area contributed by atoms with Crippen molar-refractivity contribution in [2.45, 2.75) is 24.0 Å². The number of nitrogens with one attached hydrogen (secondary N) is 1. The molecule has 0 amide bonds. The van der Waals surface area contributed by atoms with Crippen LogP contribution in [0.1, 0.15) is 12.7 Å². The summed E-state index contributed by atoms with van der Waals surface area (Å²) < 4.78 is 1.93. The van der Waals surface area contributed by atoms with Crippen LogP contribution in [0.15, 0.2) is 22.4 Å². The summed E-state index contributed by atoms with van der Waals surface area (Å²) in [5.41, 5.74) is 0. The maximum absolute atomic E-state index is 4.37. The molecule has 2 rings (SSSR count). The van der Waals surface area contributed by atoms with Crippen LogP contribution in [-0.2, 0) is 7.05 Å². The van der Waals surface area contributed by atoms with Gasteiger partial charge in [0.25, 0.3) is 0 Å². The summed E-state index contributed by atoms with van der Waals surface area (Å²) in [6, 6.07) is 1.86. The predicted octanol–water partition coefficient (Wildman–Crippen LogP) is 1.50. The molecule has 0 atom stereocenters. The molecule has 0 unspecified atom stereocenters. The molecule has 2 heterocycles. The quantitative estimate of drug-likeness (QED) is 0.829. The number of hydrogen-bond acceptors (Lipinski definition) is 6. The average Bonchev–Trinajstić information content (AvgIpc) is 2.62. The Balaban J connectivity index is 2.18. The summed E-state index contributed by atoms with van der Waals surface area (Å²) in [6.07, 6.45) is 1.73. The lowest BCUT2D eigenvalue weighted by Gasteiger charge is -2.03. The molecule has 2 aromatic heterocycles. The highest BCUT2D eigenvalue weighted by atomic mass is 32.2. The number of rotatable bonds is 4. The Morgan fingerprint density at radius 3 is 2.88 bits per heavy atom. The van der Waals surface area contributed by atoms with Crippen molar-refractivity contribution < 1.29 is 0 Å². The molecule has 17 heavy (non-hydrogen) atoms. The minimum atomic E-state index is 0.636. The number of hydrogen-bond donors (Lipinski definition) is 1. The lowest BCUT2D eigenvalue weighted by atomic mass is 10.6. The number of aryl methyl sites for hydroxylation is 1. The van der Waals surface area contributed by atoms with E-state index in [4.69, 9.17) is 0 Å². The van der Waals surface area contributed by atoms with Crippen molar-refractivity contribution in [2.24, 2.45) is 7.05 Å². The van der Waals surface area contributed by atoms with E-state index in [0.717, 1.165) is 22.6 Å². The summed E-state index contributed by atoms with van der Waals surface area (Å²) >= 11 is 1.47. The second kappa shape index (κ2) is 5.13. The lowest BCUT2D eigenvalue weighted by Crippen LogP contribution is -2.02. The van der Waals surface area contributed by atoms with Crippen molar-refractivity contribution in [3.63, 3.8) is 0 Å². The van der Waals surface area contributed by atoms with Gasteiger partial charge >= 0.3 is 0 Å². The first-order chi connectivity index (χ1) is 8.20. The van der Waals surface area contributed by atoms with Gasteiger partial charge in [-0.3, -0.25) is 0 Å². The van der Waals surface area contributed by atoms with E-state index in [9.17, 15) is 0 Å². The zero-order chi connectivity index (χ0) is 12.3. The van der Waals surface area contributed by atoms with Crippen molar-refractivity contribution in [3.8, 4) is 0 Å². The largest absolute Gasteiger partial charge is 0.354 e. The summed E-state index contributed by atoms with van der Waals surface area (Å²) in [7, 11) is 1.93. The van der Waals surface area contributed by atoms with Crippen LogP contribution in [0.3, 0.4) is 0 Å². The predicted molar refractivity (Wildman–Crippen MR) is 66.1 cm³/mol. The first kappa shape index (κ1) is 11.8. The lowest BCUT2D eigenvalue weighted by molar-refractivity contribution is 0.764. The zero-order valence-electron chi connectivity index (χ0n) is 10.0. The Morgan fingerprint density at radius 1 is 1.41 bits per heavy atom. The Kier molecular flexibility index (Phi) is 3.58. The van der Waals surface area contributed by atoms with Crippen molar-refractivity contribution >= 4 is 17.7 Å². The van der Waals surface area contributed by atoms with Crippen LogP contribution >= 0.6 is 11.8 Å². The molecule has 7 heteroatoms. The van der Waals surface area contributed by atoms with E-state index in [1.165, 1.54) is 11.8 Å². The van der Waals surface area contributed by atoms with Crippen LogP contribution in [0.5, 0.6) is 0 Å². The van der Waals surface area contributed by atoms with Gasteiger partial charge in [0.1, 0.15) is 10.9 Å². The van der Waals surface area contributed by atoms with Crippen LogP contribution < -0.4 is 5.32 Å². The first-order valence-electron chi connectivity index (χ1n) is 5.31. The molecule has 0 saturated heterocycles. The molecular formula is C10H14N6S. The molecule has 1 N–H and O–H groups in total. The minimum absolute atomic E-state index is 0.636. The molecule has 0 aliphatic heterocycles. The topological polar surface area (TPSA) is 68.5 Å². The van der Waals surface area contributed by atoms with Gasteiger partial charge in [-0.05, 0) is 31.7 Å². The average molecular weight is 250 g/mol. The van der Waals surface area contributed by atoms with Crippen LogP contribution in [0.25, 0.3) is 0 Å². The van der Waals surface area contributed by atoms with Gasteiger partial charge in [0.2, 0.25) is 5.95 Å². The van der Waals surface area contributed by atoms with Crippen LogP contribution in [0.2, 0.25) is 0 Å². The second-order valence-electron chi connectivity index (χ2n) is 3.44. The fourth-order valence-electron chi connectivity index (χ4n) is 1.21. The molecule has 0 radical (unpaired) electrons. The monoisotopic (exact) mass is 250 g/mol. The standard InChI is InChI=1S/C10H14N6S/c1-4-11-9-12-6-5-8(13-9)17-10-15-14-7(2)16(10)3/h5-6H,4H2,1-3H3,(H,11,12,13). The Bertz CT molecular complexity index is 509. The smallest absolute Gasteiger partial charge is 0.223 e. The van der Waals surface area contributed by atoms with Crippen molar-refractivity contribution in [3.05, 3.63) is 18.1 Å². The normalized spacial score (nSPS) is 10.5. The molecule has 2 aromatic rings. The SMILES string of the molecule is CCNc1nccc(Sc2nnc(C)n2C)n1. The van der Waals surface area contributed by atoms with Gasteiger partial charge in [0.05, 0.1) is 0 Å². The Morgan fingerprint density at radius 2 is 2.24 bits per heavy atom. The molecule has 0 saturated carbocycles. The van der Waals surface area contributed by atoms with Gasteiger partial charge in [0, 0.05) is 19.8 Å². The van der Waals surface area contributed by atoms with E-state index in [-0.39, 0.29) is 0 Å². The number of anilines is 1. The van der Waals surface area contributed by atoms with Gasteiger partial charge in [0.15, 0.2) is 5.16 Å². The maximum Gasteiger partial charge on any atom is 0.223 e. The van der Waals surface area contributed by atoms with E-state index in [1.807, 2.05) is 31.5 Å². The van der Waals surface area contributed by atoms with E-state index in [0.29, 0.717) is 5.95 Å². The van der Waals surface area contributed by atoms with Gasteiger partial charge in [-0.25, -0.2) is 9.97 Å². The summed E-state index contributed by atoms with van der Waals surface area (Å²) in [4.78, 5) is 8.49. The molecule has 6 nitrogen and oxygen atoms in total. The third kappa shape index (κ3) is 2.73. The Labute approximate surface area is 104 Å². The molecule has 0 spiro atoms. The van der Waals surface area contributed by atoms with E-state index in [2.05, 4.69) is 25.5 Å². The van der Waals surface area contributed by atoms with Crippen LogP contribution in [0, 0.1) is 6.92 Å². The van der Waals surface area contributed by atoms with E-state index < -0.39 is 0 Å². The molecule has 90 valence electrons. The maximum atomic E-state index is 4.37. The second-order valence-corrected chi connectivity index (χ2v) is 4.43. The third-order valence-electron chi connectivity index (χ3n) is 2.21. The van der Waals surface area contributed by atoms with Crippen LogP contribution in [-0.4, -0.2) is 31.3 Å². The number of nitrogens with zero attached hydrogens (tertiary/aromatic N) is 5. The first-order valence-corrected chi connectivity index (χ1v) is 6.13. The fraction of sp³-hybridized carbons (Fsp3) is 0.400. The molecule has 0 bridgehead atoms. The molecule has 0 fully saturated rings. The highest BCUT2D eigenvalue weighted by Crippen LogP contribution is 2.24. The number of aromatic nitrogens is 5. The molecule has 0 aromatic carbocycles. The van der Waals surface area contributed by atoms with Gasteiger partial charge in [-0.15, -0.1) is 10.2 Å². The van der Waals surface area contributed by atoms with Gasteiger partial charge < -0.3 is 9.88 Å². The van der Waals surface area contributed by atoms with E-state index in [1.54, 1.807) is 6.20 Å². The summed E-state index contributed by atoms with van der Waals surface area (Å²) in [6.45, 7) is 4.73. The van der Waals surface area contributed by atoms with Gasteiger partial charge in [-0.1, -0.05) is 0 Å². The molecule has 0 aliphatic rings. The summed E-state index contributed by atoms with van der Waals surface area (Å²) in [5, 5.41) is 12.8. The Hall–Kier alpha value is -1.63. The summed E-state index contributed by atoms with van der Waals surface area (Å²) in [5.74, 6) is 1.52. The van der Waals surface area contributed by atoms with Crippen molar-refractivity contribution in [1.82, 2.24) is 24.7 Å². The highest BCUT2D eigenvalue weighted by molar-refractivity contribution is 7.99. The molecule has 0 aliphatic carbocycles. The molecular weight excluding hydrogens is 236 g/mol. The third-order valence-corrected chi connectivity index (χ3v) is 3.19. The fourth-order valence-corrected chi connectivity index (χ4v) is 2.01. The van der Waals surface area contributed by atoms with Crippen molar-refractivity contribution in [2.75, 3.05) is 11.9 Å². The van der Waals surface area contributed by atoms with Crippen molar-refractivity contribution in [1.29, 1.82) is 0 Å².